The minimum atomic E-state index is -0.114. The molecule has 23 heavy (non-hydrogen) atoms. The second-order valence-electron chi connectivity index (χ2n) is 7.03. The smallest absolute Gasteiger partial charge is 0.248 e. The number of morpholine rings is 1. The molecule has 3 heterocycles. The van der Waals surface area contributed by atoms with Gasteiger partial charge in [0.05, 0.1) is 25.4 Å². The van der Waals surface area contributed by atoms with E-state index in [4.69, 9.17) is 14.2 Å². The van der Waals surface area contributed by atoms with Gasteiger partial charge in [-0.15, -0.1) is 0 Å². The Morgan fingerprint density at radius 2 is 2.13 bits per heavy atom. The third kappa shape index (κ3) is 4.44. The monoisotopic (exact) mass is 326 g/mol. The molecule has 132 valence electrons. The fourth-order valence-corrected chi connectivity index (χ4v) is 4.08. The average molecular weight is 326 g/mol. The van der Waals surface area contributed by atoms with Gasteiger partial charge in [-0.25, -0.2) is 0 Å². The van der Waals surface area contributed by atoms with Crippen LogP contribution >= 0.6 is 0 Å². The number of amides is 1. The summed E-state index contributed by atoms with van der Waals surface area (Å²) in [4.78, 5) is 16.6. The average Bonchev–Trinajstić information content (AvgIpc) is 2.95. The van der Waals surface area contributed by atoms with E-state index in [2.05, 4.69) is 4.90 Å². The van der Waals surface area contributed by atoms with Crippen LogP contribution in [0.25, 0.3) is 0 Å². The number of rotatable bonds is 5. The van der Waals surface area contributed by atoms with E-state index in [1.807, 2.05) is 11.8 Å². The standard InChI is InChI=1S/C17H30N2O4/c1-2-21-13-16(20)19-5-3-4-17(14-19)10-15(12-23-17)11-18-6-8-22-9-7-18/h15H,2-14H2,1H3/t15-,17+/m0/s1. The zero-order valence-electron chi connectivity index (χ0n) is 14.3. The van der Waals surface area contributed by atoms with Crippen molar-refractivity contribution in [2.24, 2.45) is 5.92 Å². The summed E-state index contributed by atoms with van der Waals surface area (Å²) >= 11 is 0. The molecular weight excluding hydrogens is 296 g/mol. The Morgan fingerprint density at radius 3 is 2.91 bits per heavy atom. The Bertz CT molecular complexity index is 400. The highest BCUT2D eigenvalue weighted by Gasteiger charge is 2.44. The van der Waals surface area contributed by atoms with Crippen LogP contribution in [0, 0.1) is 5.92 Å². The first kappa shape index (κ1) is 17.1. The van der Waals surface area contributed by atoms with Gasteiger partial charge in [0.25, 0.3) is 0 Å². The molecule has 6 heteroatoms. The summed E-state index contributed by atoms with van der Waals surface area (Å²) in [6, 6.07) is 0. The van der Waals surface area contributed by atoms with Crippen LogP contribution in [-0.2, 0) is 19.0 Å². The van der Waals surface area contributed by atoms with Gasteiger partial charge in [0.1, 0.15) is 6.61 Å². The highest BCUT2D eigenvalue weighted by Crippen LogP contribution is 2.37. The van der Waals surface area contributed by atoms with Crippen molar-refractivity contribution < 1.29 is 19.0 Å². The molecule has 3 aliphatic rings. The number of carbonyl (C=O) groups excluding carboxylic acids is 1. The summed E-state index contributed by atoms with van der Waals surface area (Å²) in [5.41, 5.74) is -0.114. The van der Waals surface area contributed by atoms with E-state index in [1.54, 1.807) is 0 Å². The van der Waals surface area contributed by atoms with E-state index in [0.717, 1.165) is 71.8 Å². The van der Waals surface area contributed by atoms with Gasteiger partial charge in [-0.1, -0.05) is 0 Å². The number of hydrogen-bond donors (Lipinski definition) is 0. The fraction of sp³-hybridized carbons (Fsp3) is 0.941. The minimum Gasteiger partial charge on any atom is -0.379 e. The Morgan fingerprint density at radius 1 is 1.30 bits per heavy atom. The molecule has 0 unspecified atom stereocenters. The number of hydrogen-bond acceptors (Lipinski definition) is 5. The molecule has 0 aromatic heterocycles. The zero-order valence-corrected chi connectivity index (χ0v) is 14.3. The normalized spacial score (nSPS) is 32.6. The van der Waals surface area contributed by atoms with E-state index in [0.29, 0.717) is 12.5 Å². The van der Waals surface area contributed by atoms with Crippen LogP contribution in [0.1, 0.15) is 26.2 Å². The number of piperidine rings is 1. The highest BCUT2D eigenvalue weighted by atomic mass is 16.5. The van der Waals surface area contributed by atoms with Gasteiger partial charge in [0.2, 0.25) is 5.91 Å². The van der Waals surface area contributed by atoms with Gasteiger partial charge in [-0.3, -0.25) is 9.69 Å². The van der Waals surface area contributed by atoms with Crippen molar-refractivity contribution in [1.82, 2.24) is 9.80 Å². The summed E-state index contributed by atoms with van der Waals surface area (Å²) < 4.78 is 16.9. The van der Waals surface area contributed by atoms with Crippen LogP contribution in [0.5, 0.6) is 0 Å². The third-order valence-electron chi connectivity index (χ3n) is 5.23. The predicted molar refractivity (Wildman–Crippen MR) is 86.4 cm³/mol. The maximum Gasteiger partial charge on any atom is 0.248 e. The molecule has 0 aliphatic carbocycles. The Balaban J connectivity index is 1.50. The summed E-state index contributed by atoms with van der Waals surface area (Å²) in [5, 5.41) is 0. The van der Waals surface area contributed by atoms with Crippen molar-refractivity contribution in [2.45, 2.75) is 31.8 Å². The molecule has 3 aliphatic heterocycles. The Labute approximate surface area is 139 Å². The Kier molecular flexibility index (Phi) is 5.91. The first-order valence-corrected chi connectivity index (χ1v) is 9.00. The van der Waals surface area contributed by atoms with Gasteiger partial charge in [-0.05, 0) is 32.1 Å². The molecule has 3 rings (SSSR count). The van der Waals surface area contributed by atoms with E-state index < -0.39 is 0 Å². The van der Waals surface area contributed by atoms with Crippen molar-refractivity contribution in [1.29, 1.82) is 0 Å². The summed E-state index contributed by atoms with van der Waals surface area (Å²) in [6.45, 7) is 9.95. The van der Waals surface area contributed by atoms with Crippen LogP contribution in [-0.4, -0.2) is 87.1 Å². The van der Waals surface area contributed by atoms with Crippen LogP contribution in [0.4, 0.5) is 0 Å². The minimum absolute atomic E-state index is 0.103. The fourth-order valence-electron chi connectivity index (χ4n) is 4.08. The summed E-state index contributed by atoms with van der Waals surface area (Å²) in [7, 11) is 0. The maximum absolute atomic E-state index is 12.2. The van der Waals surface area contributed by atoms with Gasteiger partial charge in [-0.2, -0.15) is 0 Å². The van der Waals surface area contributed by atoms with Crippen LogP contribution in [0.3, 0.4) is 0 Å². The highest BCUT2D eigenvalue weighted by molar-refractivity contribution is 5.77. The predicted octanol–water partition coefficient (Wildman–Crippen LogP) is 0.753. The molecule has 3 fully saturated rings. The largest absolute Gasteiger partial charge is 0.379 e. The van der Waals surface area contributed by atoms with Crippen molar-refractivity contribution in [3.05, 3.63) is 0 Å². The molecule has 6 nitrogen and oxygen atoms in total. The lowest BCUT2D eigenvalue weighted by Gasteiger charge is -2.40. The quantitative estimate of drug-likeness (QED) is 0.746. The van der Waals surface area contributed by atoms with Crippen LogP contribution < -0.4 is 0 Å². The van der Waals surface area contributed by atoms with Crippen molar-refractivity contribution in [3.8, 4) is 0 Å². The molecular formula is C17H30N2O4. The number of ether oxygens (including phenoxy) is 3. The van der Waals surface area contributed by atoms with Crippen molar-refractivity contribution in [2.75, 3.05) is 65.8 Å². The number of likely N-dealkylation sites (tertiary alicyclic amines) is 1. The lowest BCUT2D eigenvalue weighted by Crippen LogP contribution is -2.51. The molecule has 1 amide bonds. The maximum atomic E-state index is 12.2. The van der Waals surface area contributed by atoms with Crippen LogP contribution in [0.2, 0.25) is 0 Å². The topological polar surface area (TPSA) is 51.2 Å². The van der Waals surface area contributed by atoms with E-state index in [-0.39, 0.29) is 18.1 Å². The number of nitrogens with zero attached hydrogens (tertiary/aromatic N) is 2. The van der Waals surface area contributed by atoms with E-state index in [1.165, 1.54) is 0 Å². The molecule has 2 atom stereocenters. The molecule has 0 N–H and O–H groups in total. The second kappa shape index (κ2) is 7.92. The lowest BCUT2D eigenvalue weighted by molar-refractivity contribution is -0.143. The van der Waals surface area contributed by atoms with Crippen LogP contribution in [0.15, 0.2) is 0 Å². The first-order valence-electron chi connectivity index (χ1n) is 9.00. The zero-order chi connectivity index (χ0) is 16.1. The van der Waals surface area contributed by atoms with Crippen molar-refractivity contribution >= 4 is 5.91 Å². The Hall–Kier alpha value is -0.690. The van der Waals surface area contributed by atoms with E-state index >= 15 is 0 Å². The SMILES string of the molecule is CCOCC(=O)N1CCC[C@@]2(C[C@@H](CN3CCOCC3)CO2)C1. The number of carbonyl (C=O) groups is 1. The second-order valence-corrected chi connectivity index (χ2v) is 7.03. The van der Waals surface area contributed by atoms with Crippen molar-refractivity contribution in [3.63, 3.8) is 0 Å². The van der Waals surface area contributed by atoms with Gasteiger partial charge in [0.15, 0.2) is 0 Å². The first-order chi connectivity index (χ1) is 11.2. The van der Waals surface area contributed by atoms with E-state index in [9.17, 15) is 4.79 Å². The molecule has 0 aromatic rings. The summed E-state index contributed by atoms with van der Waals surface area (Å²) in [6.07, 6.45) is 3.18. The molecule has 3 saturated heterocycles. The molecule has 0 bridgehead atoms. The molecule has 0 aromatic carbocycles. The van der Waals surface area contributed by atoms with Gasteiger partial charge < -0.3 is 19.1 Å². The molecule has 1 spiro atoms. The third-order valence-corrected chi connectivity index (χ3v) is 5.23. The molecule has 0 saturated carbocycles. The molecule has 0 radical (unpaired) electrons. The summed E-state index contributed by atoms with van der Waals surface area (Å²) in [5.74, 6) is 0.682. The lowest BCUT2D eigenvalue weighted by atomic mass is 9.86. The van der Waals surface area contributed by atoms with Gasteiger partial charge >= 0.3 is 0 Å². The van der Waals surface area contributed by atoms with Gasteiger partial charge in [0, 0.05) is 39.3 Å².